The van der Waals surface area contributed by atoms with Crippen LogP contribution in [0.15, 0.2) is 53.9 Å². The maximum absolute atomic E-state index is 12.5. The summed E-state index contributed by atoms with van der Waals surface area (Å²) in [7, 11) is 0. The fourth-order valence-corrected chi connectivity index (χ4v) is 6.28. The first-order chi connectivity index (χ1) is 17.4. The molecular formula is C28H32AlFN2O4. The maximum atomic E-state index is 12.5. The summed E-state index contributed by atoms with van der Waals surface area (Å²) in [6.45, 7) is 2.33. The van der Waals surface area contributed by atoms with Crippen LogP contribution in [0.25, 0.3) is 0 Å². The molecule has 0 spiro atoms. The first kappa shape index (κ1) is 25.3. The predicted molar refractivity (Wildman–Crippen MR) is 138 cm³/mol. The number of benzene rings is 2. The van der Waals surface area contributed by atoms with Gasteiger partial charge in [-0.05, 0) is 66.1 Å². The molecule has 1 saturated heterocycles. The number of ketones is 1. The van der Waals surface area contributed by atoms with Crippen molar-refractivity contribution in [3.8, 4) is 5.75 Å². The number of ether oxygens (including phenoxy) is 1. The van der Waals surface area contributed by atoms with Crippen molar-refractivity contribution in [2.24, 2.45) is 0 Å². The average molecular weight is 507 g/mol. The molecule has 4 atom stereocenters. The Morgan fingerprint density at radius 3 is 2.72 bits per heavy atom. The fourth-order valence-electron chi connectivity index (χ4n) is 5.61. The Morgan fingerprint density at radius 2 is 1.97 bits per heavy atom. The normalized spacial score (nSPS) is 26.3. The van der Waals surface area contributed by atoms with Crippen LogP contribution in [0.4, 0.5) is 10.1 Å². The molecule has 0 bridgehead atoms. The molecule has 0 aromatic heterocycles. The lowest BCUT2D eigenvalue weighted by atomic mass is 9.85. The number of anilines is 1. The van der Waals surface area contributed by atoms with Crippen LogP contribution in [-0.2, 0) is 11.2 Å². The van der Waals surface area contributed by atoms with Crippen molar-refractivity contribution in [2.75, 3.05) is 31.6 Å². The summed E-state index contributed by atoms with van der Waals surface area (Å²) in [5.41, 5.74) is 4.66. The van der Waals surface area contributed by atoms with E-state index in [9.17, 15) is 19.4 Å². The van der Waals surface area contributed by atoms with Crippen LogP contribution in [0.2, 0.25) is 4.78 Å². The molecule has 0 saturated carbocycles. The molecule has 36 heavy (non-hydrogen) atoms. The minimum Gasteiger partial charge on any atom is -0.503 e. The van der Waals surface area contributed by atoms with Crippen molar-refractivity contribution < 1.29 is 24.1 Å². The number of fused-ring (bicyclic) bond motifs is 1. The highest BCUT2D eigenvalue weighted by atomic mass is 27.0. The second-order valence-electron chi connectivity index (χ2n) is 10.0. The molecule has 2 aromatic carbocycles. The Hall–Kier alpha value is -2.37. The molecule has 1 heterocycles. The van der Waals surface area contributed by atoms with Crippen molar-refractivity contribution in [2.45, 2.75) is 55.0 Å². The van der Waals surface area contributed by atoms with Gasteiger partial charge in [0.25, 0.3) is 0 Å². The lowest BCUT2D eigenvalue weighted by molar-refractivity contribution is -0.127. The Morgan fingerprint density at radius 1 is 1.17 bits per heavy atom. The third-order valence-corrected chi connectivity index (χ3v) is 8.28. The summed E-state index contributed by atoms with van der Waals surface area (Å²) in [6.07, 6.45) is 3.51. The van der Waals surface area contributed by atoms with E-state index in [0.29, 0.717) is 11.2 Å². The van der Waals surface area contributed by atoms with Gasteiger partial charge < -0.3 is 20.3 Å². The summed E-state index contributed by atoms with van der Waals surface area (Å²) in [4.78, 5) is 13.7. The Balaban J connectivity index is 1.30. The third-order valence-electron chi connectivity index (χ3n) is 7.56. The number of alkyl halides is 1. The molecule has 0 amide bonds. The zero-order valence-electron chi connectivity index (χ0n) is 20.3. The molecule has 2 radical (unpaired) electrons. The van der Waals surface area contributed by atoms with Crippen molar-refractivity contribution in [1.82, 2.24) is 4.90 Å². The van der Waals surface area contributed by atoms with Gasteiger partial charge in [0.15, 0.2) is 11.9 Å². The van der Waals surface area contributed by atoms with E-state index in [1.165, 1.54) is 16.7 Å². The molecule has 3 unspecified atom stereocenters. The van der Waals surface area contributed by atoms with Crippen LogP contribution in [0.1, 0.15) is 48.3 Å². The molecule has 188 valence electrons. The maximum Gasteiger partial charge on any atom is 0.233 e. The molecule has 8 heteroatoms. The molecule has 6 nitrogen and oxygen atoms in total. The van der Waals surface area contributed by atoms with Gasteiger partial charge in [-0.2, -0.15) is 0 Å². The minimum absolute atomic E-state index is 0.147. The van der Waals surface area contributed by atoms with E-state index in [4.69, 9.17) is 4.74 Å². The standard InChI is InChI=1S/C28H32FN2O4.Al/c29-13-3-14-31-15-12-22(17-31)35-21-9-6-18(7-10-21)23-5-2-1-4-19-16-20(8-11-24(19)23)30-25-26(32)28(34)27(25)33;/h5-11,16,22-23,26,30,32-33H,1-4,12-15,17H2;/t22-,23?,26?;/m0./s1. The van der Waals surface area contributed by atoms with E-state index < -0.39 is 17.6 Å². The van der Waals surface area contributed by atoms with E-state index in [2.05, 4.69) is 62.9 Å². The number of Topliss-reactive ketones (excluding diaryl/α,β-unsaturated/α-hetero) is 1. The van der Waals surface area contributed by atoms with Crippen LogP contribution in [0, 0.1) is 0 Å². The number of likely N-dealkylation sites (tertiary alicyclic amines) is 1. The number of carbonyl (C=O) groups is 1. The minimum atomic E-state index is -1.28. The number of aryl methyl sites for hydroxylation is 1. The number of aliphatic hydroxyl groups excluding tert-OH is 2. The third kappa shape index (κ3) is 5.19. The molecule has 5 rings (SSSR count). The van der Waals surface area contributed by atoms with Crippen molar-refractivity contribution in [3.05, 3.63) is 70.6 Å². The van der Waals surface area contributed by atoms with Gasteiger partial charge in [0.1, 0.15) is 28.1 Å². The zero-order chi connectivity index (χ0) is 25.2. The lowest BCUT2D eigenvalue weighted by Gasteiger charge is -2.27. The lowest BCUT2D eigenvalue weighted by Crippen LogP contribution is -2.39. The van der Waals surface area contributed by atoms with E-state index in [1.54, 1.807) is 0 Å². The van der Waals surface area contributed by atoms with E-state index in [0.717, 1.165) is 56.8 Å². The number of hydrogen-bond acceptors (Lipinski definition) is 6. The van der Waals surface area contributed by atoms with Gasteiger partial charge in [-0.3, -0.25) is 14.1 Å². The Labute approximate surface area is 219 Å². The highest BCUT2D eigenvalue weighted by molar-refractivity contribution is 6.12. The molecule has 2 aliphatic carbocycles. The van der Waals surface area contributed by atoms with Crippen LogP contribution in [0.3, 0.4) is 0 Å². The van der Waals surface area contributed by atoms with Crippen molar-refractivity contribution in [3.63, 3.8) is 0 Å². The van der Waals surface area contributed by atoms with Gasteiger partial charge in [-0.1, -0.05) is 35.8 Å². The number of nitrogens with zero attached hydrogens (tertiary/aromatic N) is 1. The molecule has 1 fully saturated rings. The molecule has 3 N–H and O–H groups in total. The van der Waals surface area contributed by atoms with Crippen LogP contribution in [0.5, 0.6) is 5.75 Å². The van der Waals surface area contributed by atoms with Gasteiger partial charge in [-0.25, -0.2) is 0 Å². The van der Waals surface area contributed by atoms with Gasteiger partial charge in [0, 0.05) is 25.3 Å². The number of halogens is 1. The Kier molecular flexibility index (Phi) is 7.69. The monoisotopic (exact) mass is 506 g/mol. The molecular weight excluding hydrogens is 474 g/mol. The SMILES string of the molecule is O=C1C(O)=C(Nc2ccc3c(c2)CCC[CH]([Al])C3c2ccc(O[C@H]3CCN(CCCF)C3)cc2)C1O. The average Bonchev–Trinajstić information content (AvgIpc) is 3.27. The number of nitrogens with one attached hydrogen (secondary N) is 1. The topological polar surface area (TPSA) is 82.0 Å². The summed E-state index contributed by atoms with van der Waals surface area (Å²) < 4.78 is 19.1. The van der Waals surface area contributed by atoms with Gasteiger partial charge in [0.2, 0.25) is 5.78 Å². The highest BCUT2D eigenvalue weighted by Crippen LogP contribution is 2.43. The zero-order valence-corrected chi connectivity index (χ0v) is 21.5. The largest absolute Gasteiger partial charge is 0.503 e. The number of rotatable bonds is 8. The molecule has 2 aromatic rings. The molecule has 3 aliphatic rings. The number of aliphatic hydroxyl groups is 2. The summed E-state index contributed by atoms with van der Waals surface area (Å²) in [5.74, 6) is 0.0496. The van der Waals surface area contributed by atoms with Crippen LogP contribution < -0.4 is 10.1 Å². The van der Waals surface area contributed by atoms with Gasteiger partial charge >= 0.3 is 0 Å². The second kappa shape index (κ2) is 10.9. The smallest absolute Gasteiger partial charge is 0.233 e. The quantitative estimate of drug-likeness (QED) is 0.370. The first-order valence-electron chi connectivity index (χ1n) is 12.8. The van der Waals surface area contributed by atoms with E-state index in [-0.39, 0.29) is 24.4 Å². The summed E-state index contributed by atoms with van der Waals surface area (Å²) in [6, 6.07) is 14.6. The first-order valence-corrected chi connectivity index (χ1v) is 13.5. The Bertz CT molecular complexity index is 1140. The number of carbonyl (C=O) groups excluding carboxylic acids is 1. The van der Waals surface area contributed by atoms with E-state index >= 15 is 0 Å². The second-order valence-corrected chi connectivity index (χ2v) is 10.9. The van der Waals surface area contributed by atoms with Crippen LogP contribution >= 0.6 is 0 Å². The van der Waals surface area contributed by atoms with Crippen molar-refractivity contribution >= 4 is 27.8 Å². The predicted octanol–water partition coefficient (Wildman–Crippen LogP) is 4.05. The summed E-state index contributed by atoms with van der Waals surface area (Å²) >= 11 is 3.03. The van der Waals surface area contributed by atoms with Crippen LogP contribution in [-0.4, -0.2) is 75.7 Å². The molecule has 1 aliphatic heterocycles. The van der Waals surface area contributed by atoms with E-state index in [1.807, 2.05) is 6.07 Å². The fraction of sp³-hybridized carbons (Fsp3) is 0.464. The summed E-state index contributed by atoms with van der Waals surface area (Å²) in [5, 5.41) is 22.6. The van der Waals surface area contributed by atoms with Crippen molar-refractivity contribution in [1.29, 1.82) is 0 Å². The number of hydrogen-bond donors (Lipinski definition) is 3. The van der Waals surface area contributed by atoms with Gasteiger partial charge in [0.05, 0.1) is 12.4 Å². The van der Waals surface area contributed by atoms with Gasteiger partial charge in [-0.15, -0.1) is 0 Å². The highest BCUT2D eigenvalue weighted by Gasteiger charge is 2.38.